The van der Waals surface area contributed by atoms with Crippen LogP contribution in [0.25, 0.3) is 0 Å². The molecule has 1 aromatic rings. The zero-order valence-corrected chi connectivity index (χ0v) is 10.7. The van der Waals surface area contributed by atoms with Gasteiger partial charge in [0.25, 0.3) is 0 Å². The van der Waals surface area contributed by atoms with E-state index < -0.39 is 0 Å². The second-order valence-electron chi connectivity index (χ2n) is 4.47. The average Bonchev–Trinajstić information content (AvgIpc) is 2.76. The molecule has 1 aliphatic rings. The summed E-state index contributed by atoms with van der Waals surface area (Å²) in [4.78, 5) is 7.05. The highest BCUT2D eigenvalue weighted by Gasteiger charge is 2.25. The quantitative estimate of drug-likeness (QED) is 0.780. The number of aromatic nitrogens is 1. The molecular formula is C12H17N3OS. The lowest BCUT2D eigenvalue weighted by atomic mass is 10.1. The first kappa shape index (κ1) is 12.3. The Hall–Kier alpha value is -1.20. The first-order valence-electron chi connectivity index (χ1n) is 5.75. The molecule has 3 N–H and O–H groups in total. The number of anilines is 1. The third kappa shape index (κ3) is 2.56. The predicted molar refractivity (Wildman–Crippen MR) is 72.3 cm³/mol. The fourth-order valence-corrected chi connectivity index (χ4v) is 2.31. The summed E-state index contributed by atoms with van der Waals surface area (Å²) >= 11 is 5.05. The van der Waals surface area contributed by atoms with E-state index in [1.54, 1.807) is 0 Å². The first-order chi connectivity index (χ1) is 8.11. The lowest BCUT2D eigenvalue weighted by molar-refractivity contribution is 0.238. The summed E-state index contributed by atoms with van der Waals surface area (Å²) in [6.45, 7) is 3.90. The Bertz CT molecular complexity index is 436. The zero-order chi connectivity index (χ0) is 12.4. The maximum atomic E-state index is 9.17. The van der Waals surface area contributed by atoms with E-state index >= 15 is 0 Å². The van der Waals surface area contributed by atoms with Crippen molar-refractivity contribution in [2.24, 2.45) is 11.7 Å². The van der Waals surface area contributed by atoms with Crippen LogP contribution in [-0.4, -0.2) is 34.8 Å². The largest absolute Gasteiger partial charge is 0.396 e. The van der Waals surface area contributed by atoms with Crippen molar-refractivity contribution >= 4 is 23.0 Å². The summed E-state index contributed by atoms with van der Waals surface area (Å²) in [5.74, 6) is 1.19. The van der Waals surface area contributed by atoms with Gasteiger partial charge in [-0.15, -0.1) is 0 Å². The van der Waals surface area contributed by atoms with Gasteiger partial charge in [-0.25, -0.2) is 4.98 Å². The number of aliphatic hydroxyl groups excluding tert-OH is 1. The molecule has 0 aliphatic carbocycles. The van der Waals surface area contributed by atoms with Crippen LogP contribution in [0.2, 0.25) is 0 Å². The molecule has 2 heterocycles. The minimum Gasteiger partial charge on any atom is -0.396 e. The van der Waals surface area contributed by atoms with Gasteiger partial charge in [0.15, 0.2) is 0 Å². The molecule has 0 radical (unpaired) electrons. The summed E-state index contributed by atoms with van der Waals surface area (Å²) in [5, 5.41) is 9.17. The molecule has 92 valence electrons. The Kier molecular flexibility index (Phi) is 3.59. The molecule has 0 spiro atoms. The molecule has 1 saturated heterocycles. The number of rotatable bonds is 3. The minimum absolute atomic E-state index is 0.227. The van der Waals surface area contributed by atoms with Crippen LogP contribution in [0.3, 0.4) is 0 Å². The highest BCUT2D eigenvalue weighted by Crippen LogP contribution is 2.25. The molecule has 0 amide bonds. The van der Waals surface area contributed by atoms with E-state index in [2.05, 4.69) is 9.88 Å². The van der Waals surface area contributed by atoms with Crippen molar-refractivity contribution in [1.82, 2.24) is 4.98 Å². The van der Waals surface area contributed by atoms with Gasteiger partial charge in [0, 0.05) is 31.3 Å². The van der Waals surface area contributed by atoms with E-state index in [0.29, 0.717) is 10.9 Å². The van der Waals surface area contributed by atoms with Crippen molar-refractivity contribution in [2.45, 2.75) is 13.3 Å². The van der Waals surface area contributed by atoms with Crippen molar-refractivity contribution in [3.8, 4) is 0 Å². The van der Waals surface area contributed by atoms with Gasteiger partial charge in [0.1, 0.15) is 10.8 Å². The highest BCUT2D eigenvalue weighted by atomic mass is 32.1. The predicted octanol–water partition coefficient (Wildman–Crippen LogP) is 0.843. The lowest BCUT2D eigenvalue weighted by Gasteiger charge is -2.20. The van der Waals surface area contributed by atoms with Crippen LogP contribution in [0.15, 0.2) is 12.1 Å². The van der Waals surface area contributed by atoms with Gasteiger partial charge >= 0.3 is 0 Å². The number of thiocarbonyl (C=S) groups is 1. The molecule has 0 aromatic carbocycles. The summed E-state index contributed by atoms with van der Waals surface area (Å²) in [5.41, 5.74) is 7.49. The third-order valence-electron chi connectivity index (χ3n) is 3.12. The monoisotopic (exact) mass is 251 g/mol. The van der Waals surface area contributed by atoms with E-state index in [-0.39, 0.29) is 6.61 Å². The number of hydrogen-bond donors (Lipinski definition) is 2. The number of aryl methyl sites for hydroxylation is 1. The Labute approximate surface area is 106 Å². The van der Waals surface area contributed by atoms with Gasteiger partial charge in [0.2, 0.25) is 0 Å². The maximum Gasteiger partial charge on any atom is 0.139 e. The second kappa shape index (κ2) is 4.98. The van der Waals surface area contributed by atoms with Crippen LogP contribution in [0.4, 0.5) is 5.82 Å². The number of nitrogens with two attached hydrogens (primary N) is 1. The molecule has 0 bridgehead atoms. The number of aliphatic hydroxyl groups is 1. The molecule has 1 fully saturated rings. The third-order valence-corrected chi connectivity index (χ3v) is 3.34. The van der Waals surface area contributed by atoms with E-state index in [0.717, 1.165) is 36.6 Å². The summed E-state index contributed by atoms with van der Waals surface area (Å²) in [6.07, 6.45) is 0.989. The van der Waals surface area contributed by atoms with Crippen molar-refractivity contribution in [1.29, 1.82) is 0 Å². The first-order valence-corrected chi connectivity index (χ1v) is 6.16. The summed E-state index contributed by atoms with van der Waals surface area (Å²) < 4.78 is 0. The molecule has 4 nitrogen and oxygen atoms in total. The molecule has 1 aromatic heterocycles. The normalized spacial score (nSPS) is 19.6. The Balaban J connectivity index is 2.31. The van der Waals surface area contributed by atoms with E-state index in [4.69, 9.17) is 23.1 Å². The minimum atomic E-state index is 0.227. The van der Waals surface area contributed by atoms with Crippen LogP contribution < -0.4 is 10.6 Å². The van der Waals surface area contributed by atoms with Gasteiger partial charge in [-0.3, -0.25) is 0 Å². The molecule has 5 heteroatoms. The molecular weight excluding hydrogens is 234 g/mol. The van der Waals surface area contributed by atoms with Gasteiger partial charge in [-0.1, -0.05) is 12.2 Å². The van der Waals surface area contributed by atoms with Gasteiger partial charge < -0.3 is 15.7 Å². The number of nitrogens with zero attached hydrogens (tertiary/aromatic N) is 2. The summed E-state index contributed by atoms with van der Waals surface area (Å²) in [6, 6.07) is 3.84. The van der Waals surface area contributed by atoms with E-state index in [1.807, 2.05) is 19.1 Å². The Morgan fingerprint density at radius 3 is 3.00 bits per heavy atom. The topological polar surface area (TPSA) is 62.4 Å². The van der Waals surface area contributed by atoms with Crippen LogP contribution in [0.5, 0.6) is 0 Å². The van der Waals surface area contributed by atoms with Crippen molar-refractivity contribution < 1.29 is 5.11 Å². The smallest absolute Gasteiger partial charge is 0.139 e. The van der Waals surface area contributed by atoms with Crippen molar-refractivity contribution in [3.63, 3.8) is 0 Å². The molecule has 1 unspecified atom stereocenters. The van der Waals surface area contributed by atoms with Gasteiger partial charge in [-0.2, -0.15) is 0 Å². The zero-order valence-electron chi connectivity index (χ0n) is 9.89. The number of pyridine rings is 1. The molecule has 2 rings (SSSR count). The fourth-order valence-electron chi connectivity index (χ4n) is 2.15. The summed E-state index contributed by atoms with van der Waals surface area (Å²) in [7, 11) is 0. The molecule has 1 aliphatic heterocycles. The van der Waals surface area contributed by atoms with Crippen molar-refractivity contribution in [2.75, 3.05) is 24.6 Å². The molecule has 0 saturated carbocycles. The Morgan fingerprint density at radius 2 is 2.41 bits per heavy atom. The van der Waals surface area contributed by atoms with Gasteiger partial charge in [0.05, 0.1) is 5.56 Å². The van der Waals surface area contributed by atoms with Crippen LogP contribution in [0.1, 0.15) is 17.7 Å². The average molecular weight is 251 g/mol. The standard InChI is InChI=1S/C12H17N3OS/c1-8-2-3-10(11(13)17)12(14-8)15-5-4-9(6-15)7-16/h2-3,9,16H,4-7H2,1H3,(H2,13,17). The lowest BCUT2D eigenvalue weighted by Crippen LogP contribution is -2.25. The van der Waals surface area contributed by atoms with Crippen LogP contribution >= 0.6 is 12.2 Å². The van der Waals surface area contributed by atoms with E-state index in [1.165, 1.54) is 0 Å². The van der Waals surface area contributed by atoms with E-state index in [9.17, 15) is 0 Å². The Morgan fingerprint density at radius 1 is 1.65 bits per heavy atom. The highest BCUT2D eigenvalue weighted by molar-refractivity contribution is 7.80. The SMILES string of the molecule is Cc1ccc(C(N)=S)c(N2CCC(CO)C2)n1. The number of hydrogen-bond acceptors (Lipinski definition) is 4. The van der Waals surface area contributed by atoms with Crippen molar-refractivity contribution in [3.05, 3.63) is 23.4 Å². The molecule has 17 heavy (non-hydrogen) atoms. The van der Waals surface area contributed by atoms with Gasteiger partial charge in [-0.05, 0) is 25.5 Å². The fraction of sp³-hybridized carbons (Fsp3) is 0.500. The second-order valence-corrected chi connectivity index (χ2v) is 4.91. The van der Waals surface area contributed by atoms with Crippen LogP contribution in [0, 0.1) is 12.8 Å². The maximum absolute atomic E-state index is 9.17. The van der Waals surface area contributed by atoms with Crippen LogP contribution in [-0.2, 0) is 0 Å². The molecule has 1 atom stereocenters.